The Bertz CT molecular complexity index is 1220. The fraction of sp³-hybridized carbons (Fsp3) is 0.143. The molecular formula is C21H18ClFN6O2. The van der Waals surface area contributed by atoms with Gasteiger partial charge in [-0.3, -0.25) is 10.1 Å². The van der Waals surface area contributed by atoms with Crippen LogP contribution in [0.25, 0.3) is 0 Å². The third kappa shape index (κ3) is 5.26. The number of benzene rings is 2. The second kappa shape index (κ2) is 8.97. The van der Waals surface area contributed by atoms with E-state index >= 15 is 0 Å². The maximum Gasteiger partial charge on any atom is 0.278 e. The Morgan fingerprint density at radius 3 is 2.84 bits per heavy atom. The van der Waals surface area contributed by atoms with Crippen molar-refractivity contribution in [2.24, 2.45) is 0 Å². The molecule has 31 heavy (non-hydrogen) atoms. The monoisotopic (exact) mass is 440 g/mol. The number of anilines is 1. The van der Waals surface area contributed by atoms with Crippen molar-refractivity contribution in [1.82, 2.24) is 24.5 Å². The van der Waals surface area contributed by atoms with Gasteiger partial charge in [0.2, 0.25) is 5.95 Å². The zero-order chi connectivity index (χ0) is 21.8. The van der Waals surface area contributed by atoms with E-state index in [0.717, 1.165) is 11.1 Å². The highest BCUT2D eigenvalue weighted by Crippen LogP contribution is 2.22. The third-order valence-corrected chi connectivity index (χ3v) is 4.59. The van der Waals surface area contributed by atoms with E-state index < -0.39 is 5.91 Å². The minimum Gasteiger partial charge on any atom is -0.471 e. The molecule has 0 saturated heterocycles. The van der Waals surface area contributed by atoms with Crippen LogP contribution >= 0.6 is 11.6 Å². The quantitative estimate of drug-likeness (QED) is 0.470. The van der Waals surface area contributed by atoms with Gasteiger partial charge >= 0.3 is 0 Å². The van der Waals surface area contributed by atoms with Gasteiger partial charge in [0, 0.05) is 11.2 Å². The first-order valence-electron chi connectivity index (χ1n) is 9.34. The highest BCUT2D eigenvalue weighted by Gasteiger charge is 2.13. The molecule has 8 nitrogen and oxygen atoms in total. The van der Waals surface area contributed by atoms with Crippen LogP contribution in [-0.4, -0.2) is 30.5 Å². The number of aromatic nitrogens is 5. The Morgan fingerprint density at radius 2 is 2.03 bits per heavy atom. The topological polar surface area (TPSA) is 86.9 Å². The van der Waals surface area contributed by atoms with Gasteiger partial charge in [0.1, 0.15) is 17.9 Å². The van der Waals surface area contributed by atoms with E-state index in [9.17, 15) is 9.18 Å². The van der Waals surface area contributed by atoms with Gasteiger partial charge in [-0.25, -0.2) is 18.7 Å². The first-order chi connectivity index (χ1) is 15.0. The summed E-state index contributed by atoms with van der Waals surface area (Å²) in [7, 11) is 0. The van der Waals surface area contributed by atoms with Gasteiger partial charge < -0.3 is 4.74 Å². The molecule has 0 bridgehead atoms. The number of nitrogens with one attached hydrogen (secondary N) is 1. The van der Waals surface area contributed by atoms with Gasteiger partial charge in [0.25, 0.3) is 5.91 Å². The van der Waals surface area contributed by atoms with E-state index in [0.29, 0.717) is 17.3 Å². The molecule has 0 saturated carbocycles. The van der Waals surface area contributed by atoms with Gasteiger partial charge in [0.15, 0.2) is 12.4 Å². The standard InChI is InChI=1S/C21H18ClFN6O2/c1-14-9-16(22)5-6-19(14)31-13-28-8-7-18(26-28)20(30)25-21-24-12-29(27-21)11-15-3-2-4-17(23)10-15/h2-10,12H,11,13H2,1H3,(H,25,27,30). The van der Waals surface area contributed by atoms with Crippen molar-refractivity contribution in [2.75, 3.05) is 5.32 Å². The molecule has 0 spiro atoms. The summed E-state index contributed by atoms with van der Waals surface area (Å²) < 4.78 is 22.0. The molecule has 1 amide bonds. The van der Waals surface area contributed by atoms with E-state index in [-0.39, 0.29) is 24.2 Å². The average Bonchev–Trinajstić information content (AvgIpc) is 3.37. The van der Waals surface area contributed by atoms with Crippen molar-refractivity contribution in [2.45, 2.75) is 20.2 Å². The molecule has 0 aliphatic heterocycles. The van der Waals surface area contributed by atoms with Crippen molar-refractivity contribution >= 4 is 23.5 Å². The third-order valence-electron chi connectivity index (χ3n) is 4.36. The highest BCUT2D eigenvalue weighted by atomic mass is 35.5. The fourth-order valence-electron chi connectivity index (χ4n) is 2.88. The zero-order valence-electron chi connectivity index (χ0n) is 16.5. The summed E-state index contributed by atoms with van der Waals surface area (Å²) in [6.07, 6.45) is 3.09. The molecule has 4 aromatic rings. The molecule has 10 heteroatoms. The lowest BCUT2D eigenvalue weighted by Crippen LogP contribution is -2.15. The summed E-state index contributed by atoms with van der Waals surface area (Å²) >= 11 is 5.94. The molecule has 0 radical (unpaired) electrons. The lowest BCUT2D eigenvalue weighted by molar-refractivity contribution is 0.101. The number of aryl methyl sites for hydroxylation is 1. The maximum absolute atomic E-state index is 13.3. The molecule has 2 heterocycles. The van der Waals surface area contributed by atoms with Gasteiger partial charge in [0.05, 0.1) is 6.54 Å². The normalized spacial score (nSPS) is 10.8. The number of carbonyl (C=O) groups is 1. The Balaban J connectivity index is 1.34. The minimum atomic E-state index is -0.454. The van der Waals surface area contributed by atoms with E-state index in [1.807, 2.05) is 6.92 Å². The lowest BCUT2D eigenvalue weighted by Gasteiger charge is -2.09. The zero-order valence-corrected chi connectivity index (χ0v) is 17.3. The molecule has 0 fully saturated rings. The SMILES string of the molecule is Cc1cc(Cl)ccc1OCn1ccc(C(=O)Nc2ncn(Cc3cccc(F)c3)n2)n1. The molecule has 158 valence electrons. The lowest BCUT2D eigenvalue weighted by atomic mass is 10.2. The summed E-state index contributed by atoms with van der Waals surface area (Å²) in [5, 5.41) is 11.6. The first kappa shape index (κ1) is 20.5. The van der Waals surface area contributed by atoms with E-state index in [1.54, 1.807) is 42.6 Å². The van der Waals surface area contributed by atoms with Crippen LogP contribution in [0.1, 0.15) is 21.6 Å². The van der Waals surface area contributed by atoms with Crippen LogP contribution in [0, 0.1) is 12.7 Å². The van der Waals surface area contributed by atoms with Crippen molar-refractivity contribution in [3.63, 3.8) is 0 Å². The molecule has 1 N–H and O–H groups in total. The van der Waals surface area contributed by atoms with Crippen LogP contribution in [0.2, 0.25) is 5.02 Å². The summed E-state index contributed by atoms with van der Waals surface area (Å²) in [6, 6.07) is 13.1. The Morgan fingerprint density at radius 1 is 1.16 bits per heavy atom. The van der Waals surface area contributed by atoms with Crippen molar-refractivity contribution < 1.29 is 13.9 Å². The molecule has 0 atom stereocenters. The number of hydrogen-bond acceptors (Lipinski definition) is 5. The molecule has 0 aliphatic carbocycles. The highest BCUT2D eigenvalue weighted by molar-refractivity contribution is 6.30. The first-order valence-corrected chi connectivity index (χ1v) is 9.72. The number of carbonyl (C=O) groups excluding carboxylic acids is 1. The summed E-state index contributed by atoms with van der Waals surface area (Å²) in [5.74, 6) is 0.0322. The van der Waals surface area contributed by atoms with Crippen LogP contribution < -0.4 is 10.1 Å². The molecular weight excluding hydrogens is 423 g/mol. The number of nitrogens with zero attached hydrogens (tertiary/aromatic N) is 5. The minimum absolute atomic E-state index is 0.129. The Kier molecular flexibility index (Phi) is 5.94. The van der Waals surface area contributed by atoms with E-state index in [4.69, 9.17) is 16.3 Å². The number of halogens is 2. The number of ether oxygens (including phenoxy) is 1. The second-order valence-corrected chi connectivity index (χ2v) is 7.21. The average molecular weight is 441 g/mol. The van der Waals surface area contributed by atoms with Crippen LogP contribution in [0.3, 0.4) is 0 Å². The van der Waals surface area contributed by atoms with Crippen molar-refractivity contribution in [3.05, 3.63) is 88.7 Å². The molecule has 0 unspecified atom stereocenters. The van der Waals surface area contributed by atoms with Gasteiger partial charge in [-0.15, -0.1) is 5.10 Å². The van der Waals surface area contributed by atoms with E-state index in [1.165, 1.54) is 27.8 Å². The largest absolute Gasteiger partial charge is 0.471 e. The van der Waals surface area contributed by atoms with Gasteiger partial charge in [-0.1, -0.05) is 23.7 Å². The van der Waals surface area contributed by atoms with Crippen molar-refractivity contribution in [1.29, 1.82) is 0 Å². The fourth-order valence-corrected chi connectivity index (χ4v) is 3.11. The van der Waals surface area contributed by atoms with Gasteiger partial charge in [-0.05, 0) is 54.4 Å². The predicted molar refractivity (Wildman–Crippen MR) is 113 cm³/mol. The molecule has 2 aromatic heterocycles. The van der Waals surface area contributed by atoms with Crippen LogP contribution in [0.4, 0.5) is 10.3 Å². The summed E-state index contributed by atoms with van der Waals surface area (Å²) in [5.41, 5.74) is 1.83. The summed E-state index contributed by atoms with van der Waals surface area (Å²) in [6.45, 7) is 2.36. The molecule has 0 aliphatic rings. The van der Waals surface area contributed by atoms with Gasteiger partial charge in [-0.2, -0.15) is 5.10 Å². The van der Waals surface area contributed by atoms with Crippen LogP contribution in [-0.2, 0) is 13.3 Å². The number of amides is 1. The van der Waals surface area contributed by atoms with Crippen LogP contribution in [0.15, 0.2) is 61.1 Å². The maximum atomic E-state index is 13.3. The Hall–Kier alpha value is -3.72. The second-order valence-electron chi connectivity index (χ2n) is 6.77. The molecule has 4 rings (SSSR count). The summed E-state index contributed by atoms with van der Waals surface area (Å²) in [4.78, 5) is 16.5. The van der Waals surface area contributed by atoms with Crippen LogP contribution in [0.5, 0.6) is 5.75 Å². The number of hydrogen-bond donors (Lipinski definition) is 1. The number of rotatable bonds is 7. The van der Waals surface area contributed by atoms with E-state index in [2.05, 4.69) is 20.5 Å². The molecule has 2 aromatic carbocycles. The Labute approximate surface area is 182 Å². The smallest absolute Gasteiger partial charge is 0.278 e. The van der Waals surface area contributed by atoms with Crippen molar-refractivity contribution in [3.8, 4) is 5.75 Å². The predicted octanol–water partition coefficient (Wildman–Crippen LogP) is 3.91.